The fourth-order valence-corrected chi connectivity index (χ4v) is 1.40. The van der Waals surface area contributed by atoms with Gasteiger partial charge in [-0.25, -0.2) is 0 Å². The topological polar surface area (TPSA) is 20.2 Å². The molecule has 0 aliphatic heterocycles. The summed E-state index contributed by atoms with van der Waals surface area (Å²) in [5, 5.41) is 9.61. The molecule has 0 heterocycles. The van der Waals surface area contributed by atoms with Crippen molar-refractivity contribution in [1.29, 1.82) is 0 Å². The maximum Gasteiger partial charge on any atom is 0.130 e. The Morgan fingerprint density at radius 1 is 1.50 bits per heavy atom. The number of thiol groups is 1. The molecule has 0 bridgehead atoms. The molecule has 0 aromatic heterocycles. The lowest BCUT2D eigenvalue weighted by molar-refractivity contribution is 0.462. The Morgan fingerprint density at radius 3 is 2.64 bits per heavy atom. The molecule has 0 fully saturated rings. The van der Waals surface area contributed by atoms with Gasteiger partial charge in [0.15, 0.2) is 0 Å². The van der Waals surface area contributed by atoms with Crippen LogP contribution in [0.15, 0.2) is 29.7 Å². The number of phenols is 1. The van der Waals surface area contributed by atoms with Gasteiger partial charge in [0, 0.05) is 0 Å². The first-order chi connectivity index (χ1) is 6.56. The van der Waals surface area contributed by atoms with Crippen molar-refractivity contribution in [3.05, 3.63) is 35.9 Å². The average molecular weight is 206 g/mol. The normalized spacial score (nSPS) is 10.8. The quantitative estimate of drug-likeness (QED) is 0.706. The third-order valence-corrected chi connectivity index (χ3v) is 2.45. The van der Waals surface area contributed by atoms with Crippen LogP contribution in [0, 0.1) is 0 Å². The van der Waals surface area contributed by atoms with Crippen LogP contribution in [0.4, 0.5) is 0 Å². The molecule has 0 radical (unpaired) electrons. The molecular weight excluding hydrogens is 192 g/mol. The molecule has 0 spiro atoms. The molecule has 1 aromatic rings. The monoisotopic (exact) mass is 206 g/mol. The Kier molecular flexibility index (Phi) is 3.42. The van der Waals surface area contributed by atoms with Crippen molar-refractivity contribution in [2.45, 2.75) is 18.7 Å². The highest BCUT2D eigenvalue weighted by Gasteiger charge is 2.05. The third kappa shape index (κ3) is 2.20. The zero-order chi connectivity index (χ0) is 10.7. The van der Waals surface area contributed by atoms with Gasteiger partial charge in [-0.3, -0.25) is 0 Å². The first-order valence-corrected chi connectivity index (χ1v) is 4.85. The average Bonchev–Trinajstić information content (AvgIpc) is 2.12. The molecule has 1 aromatic carbocycles. The van der Waals surface area contributed by atoms with E-state index in [4.69, 9.17) is 0 Å². The largest absolute Gasteiger partial charge is 0.507 e. The van der Waals surface area contributed by atoms with Gasteiger partial charge in [-0.1, -0.05) is 24.3 Å². The van der Waals surface area contributed by atoms with E-state index in [1.807, 2.05) is 32.1 Å². The van der Waals surface area contributed by atoms with Crippen LogP contribution in [0.25, 0.3) is 11.6 Å². The zero-order valence-corrected chi connectivity index (χ0v) is 9.31. The summed E-state index contributed by atoms with van der Waals surface area (Å²) in [4.78, 5) is 0.605. The second kappa shape index (κ2) is 4.38. The van der Waals surface area contributed by atoms with E-state index in [2.05, 4.69) is 19.2 Å². The highest BCUT2D eigenvalue weighted by molar-refractivity contribution is 7.80. The Bertz CT molecular complexity index is 392. The lowest BCUT2D eigenvalue weighted by Crippen LogP contribution is -1.84. The SMILES string of the molecule is C=C(C)c1cc(O)c(S)c(/C=C\C)c1. The summed E-state index contributed by atoms with van der Waals surface area (Å²) in [6.45, 7) is 7.67. The maximum absolute atomic E-state index is 9.61. The van der Waals surface area contributed by atoms with E-state index in [1.54, 1.807) is 6.07 Å². The molecule has 0 saturated heterocycles. The molecule has 1 rings (SSSR count). The van der Waals surface area contributed by atoms with Gasteiger partial charge in [-0.15, -0.1) is 12.6 Å². The van der Waals surface area contributed by atoms with Crippen molar-refractivity contribution in [1.82, 2.24) is 0 Å². The molecule has 0 aliphatic carbocycles. The molecule has 0 atom stereocenters. The van der Waals surface area contributed by atoms with Crippen LogP contribution in [0.1, 0.15) is 25.0 Å². The van der Waals surface area contributed by atoms with Crippen molar-refractivity contribution in [3.8, 4) is 5.75 Å². The second-order valence-corrected chi connectivity index (χ2v) is 3.66. The summed E-state index contributed by atoms with van der Waals surface area (Å²) >= 11 is 4.23. The van der Waals surface area contributed by atoms with E-state index in [-0.39, 0.29) is 5.75 Å². The molecule has 0 unspecified atom stereocenters. The Labute approximate surface area is 90.2 Å². The van der Waals surface area contributed by atoms with Crippen LogP contribution in [-0.4, -0.2) is 5.11 Å². The lowest BCUT2D eigenvalue weighted by Gasteiger charge is -2.07. The predicted octanol–water partition coefficient (Wildman–Crippen LogP) is 3.75. The Hall–Kier alpha value is -1.15. The molecule has 1 N–H and O–H groups in total. The summed E-state index contributed by atoms with van der Waals surface area (Å²) in [6.07, 6.45) is 3.82. The minimum atomic E-state index is 0.196. The molecule has 74 valence electrons. The van der Waals surface area contributed by atoms with Crippen molar-refractivity contribution in [2.24, 2.45) is 0 Å². The highest BCUT2D eigenvalue weighted by atomic mass is 32.1. The maximum atomic E-state index is 9.61. The van der Waals surface area contributed by atoms with Crippen molar-refractivity contribution >= 4 is 24.3 Å². The van der Waals surface area contributed by atoms with Crippen LogP contribution in [0.3, 0.4) is 0 Å². The van der Waals surface area contributed by atoms with Gasteiger partial charge in [0.25, 0.3) is 0 Å². The van der Waals surface area contributed by atoms with E-state index in [1.165, 1.54) is 0 Å². The molecule has 0 aliphatic rings. The number of aromatic hydroxyl groups is 1. The van der Waals surface area contributed by atoms with Gasteiger partial charge in [0.2, 0.25) is 0 Å². The molecule has 14 heavy (non-hydrogen) atoms. The first-order valence-electron chi connectivity index (χ1n) is 4.40. The van der Waals surface area contributed by atoms with Crippen LogP contribution >= 0.6 is 12.6 Å². The van der Waals surface area contributed by atoms with Crippen molar-refractivity contribution in [3.63, 3.8) is 0 Å². The summed E-state index contributed by atoms with van der Waals surface area (Å²) in [5.41, 5.74) is 2.78. The summed E-state index contributed by atoms with van der Waals surface area (Å²) in [6, 6.07) is 3.64. The van der Waals surface area contributed by atoms with Crippen LogP contribution < -0.4 is 0 Å². The molecule has 1 nitrogen and oxygen atoms in total. The number of rotatable bonds is 2. The molecule has 0 saturated carbocycles. The summed E-state index contributed by atoms with van der Waals surface area (Å²) in [5.74, 6) is 0.196. The van der Waals surface area contributed by atoms with E-state index >= 15 is 0 Å². The zero-order valence-electron chi connectivity index (χ0n) is 8.41. The molecule has 2 heteroatoms. The van der Waals surface area contributed by atoms with E-state index in [0.717, 1.165) is 16.7 Å². The van der Waals surface area contributed by atoms with Gasteiger partial charge in [0.05, 0.1) is 4.90 Å². The number of allylic oxidation sites excluding steroid dienone is 2. The third-order valence-electron chi connectivity index (χ3n) is 1.96. The minimum Gasteiger partial charge on any atom is -0.507 e. The number of benzene rings is 1. The van der Waals surface area contributed by atoms with Gasteiger partial charge in [-0.05, 0) is 37.1 Å². The first kappa shape index (κ1) is 10.9. The Morgan fingerprint density at radius 2 is 2.14 bits per heavy atom. The summed E-state index contributed by atoms with van der Waals surface area (Å²) < 4.78 is 0. The highest BCUT2D eigenvalue weighted by Crippen LogP contribution is 2.30. The van der Waals surface area contributed by atoms with Crippen molar-refractivity contribution in [2.75, 3.05) is 0 Å². The summed E-state index contributed by atoms with van der Waals surface area (Å²) in [7, 11) is 0. The molecule has 0 amide bonds. The van der Waals surface area contributed by atoms with Gasteiger partial charge in [0.1, 0.15) is 5.75 Å². The van der Waals surface area contributed by atoms with E-state index in [9.17, 15) is 5.11 Å². The van der Waals surface area contributed by atoms with Crippen LogP contribution in [0.2, 0.25) is 0 Å². The van der Waals surface area contributed by atoms with E-state index in [0.29, 0.717) is 4.90 Å². The molecular formula is C12H14OS. The smallest absolute Gasteiger partial charge is 0.130 e. The predicted molar refractivity (Wildman–Crippen MR) is 64.8 cm³/mol. The van der Waals surface area contributed by atoms with E-state index < -0.39 is 0 Å². The standard InChI is InChI=1S/C12H14OS/c1-4-5-9-6-10(8(2)3)7-11(13)12(9)14/h4-7,13-14H,2H2,1,3H3/b5-4-. The fourth-order valence-electron chi connectivity index (χ4n) is 1.19. The number of phenolic OH excluding ortho intramolecular Hbond substituents is 1. The second-order valence-electron chi connectivity index (χ2n) is 3.21. The van der Waals surface area contributed by atoms with Gasteiger partial charge in [-0.2, -0.15) is 0 Å². The van der Waals surface area contributed by atoms with Crippen LogP contribution in [-0.2, 0) is 0 Å². The minimum absolute atomic E-state index is 0.196. The lowest BCUT2D eigenvalue weighted by atomic mass is 10.0. The van der Waals surface area contributed by atoms with Gasteiger partial charge < -0.3 is 5.11 Å². The van der Waals surface area contributed by atoms with Gasteiger partial charge >= 0.3 is 0 Å². The van der Waals surface area contributed by atoms with Crippen LogP contribution in [0.5, 0.6) is 5.75 Å². The number of hydrogen-bond donors (Lipinski definition) is 2. The fraction of sp³-hybridized carbons (Fsp3) is 0.167. The van der Waals surface area contributed by atoms with Crippen molar-refractivity contribution < 1.29 is 5.11 Å². The Balaban J connectivity index is 3.35. The number of hydrogen-bond acceptors (Lipinski definition) is 2.